The van der Waals surface area contributed by atoms with Crippen molar-refractivity contribution < 1.29 is 0 Å². The molecular weight excluding hydrogens is 152 g/mol. The number of nitrogens with two attached hydrogens (primary N) is 1. The largest absolute Gasteiger partial charge is 0.264 e. The lowest BCUT2D eigenvalue weighted by Crippen LogP contribution is -2.43. The Morgan fingerprint density at radius 2 is 1.83 bits per heavy atom. The second-order valence-electron chi connectivity index (χ2n) is 2.51. The zero-order valence-corrected chi connectivity index (χ0v) is 6.51. The van der Waals surface area contributed by atoms with Gasteiger partial charge in [-0.3, -0.25) is 5.01 Å². The molecule has 1 heterocycles. The molecule has 0 radical (unpaired) electrons. The molecule has 0 spiro atoms. The van der Waals surface area contributed by atoms with Gasteiger partial charge in [-0.25, -0.2) is 11.0 Å². The molecule has 1 aromatic carbocycles. The van der Waals surface area contributed by atoms with Crippen molar-refractivity contribution in [1.82, 2.24) is 10.7 Å². The number of nitrogens with zero attached hydrogens (tertiary/aromatic N) is 2. The minimum atomic E-state index is 1.06. The van der Waals surface area contributed by atoms with E-state index in [-0.39, 0.29) is 0 Å². The molecule has 3 N–H and O–H groups in total. The number of para-hydroxylation sites is 1. The minimum Gasteiger partial charge on any atom is -0.264 e. The Balaban J connectivity index is 2.18. The number of hydrogen-bond acceptors (Lipinski definition) is 4. The van der Waals surface area contributed by atoms with Crippen molar-refractivity contribution in [2.75, 3.05) is 5.01 Å². The maximum Gasteiger partial charge on any atom is 0.0590 e. The highest BCUT2D eigenvalue weighted by Gasteiger charge is 2.08. The summed E-state index contributed by atoms with van der Waals surface area (Å²) >= 11 is 0. The van der Waals surface area contributed by atoms with Crippen LogP contribution < -0.4 is 16.4 Å². The lowest BCUT2D eigenvalue weighted by Gasteiger charge is -2.18. The Morgan fingerprint density at radius 1 is 1.08 bits per heavy atom. The molecule has 2 rings (SSSR count). The van der Waals surface area contributed by atoms with Crippen molar-refractivity contribution in [1.29, 1.82) is 0 Å². The summed E-state index contributed by atoms with van der Waals surface area (Å²) < 4.78 is 0. The average molecular weight is 162 g/mol. The van der Waals surface area contributed by atoms with Crippen molar-refractivity contribution in [3.63, 3.8) is 0 Å². The van der Waals surface area contributed by atoms with Gasteiger partial charge in [-0.2, -0.15) is 0 Å². The Morgan fingerprint density at radius 3 is 2.42 bits per heavy atom. The first-order valence-corrected chi connectivity index (χ1v) is 3.69. The van der Waals surface area contributed by atoms with Gasteiger partial charge in [0, 0.05) is 6.20 Å². The second-order valence-corrected chi connectivity index (χ2v) is 2.51. The molecule has 4 nitrogen and oxygen atoms in total. The van der Waals surface area contributed by atoms with Crippen LogP contribution in [0.1, 0.15) is 0 Å². The van der Waals surface area contributed by atoms with Crippen molar-refractivity contribution >= 4 is 5.69 Å². The van der Waals surface area contributed by atoms with Crippen molar-refractivity contribution in [2.45, 2.75) is 0 Å². The van der Waals surface area contributed by atoms with Crippen LogP contribution in [0.4, 0.5) is 5.69 Å². The molecular formula is C8H10N4. The minimum absolute atomic E-state index is 1.06. The van der Waals surface area contributed by atoms with Gasteiger partial charge in [0.15, 0.2) is 0 Å². The van der Waals surface area contributed by atoms with Gasteiger partial charge in [0.25, 0.3) is 0 Å². The second kappa shape index (κ2) is 2.84. The first-order chi connectivity index (χ1) is 5.86. The molecule has 0 unspecified atom stereocenters. The Labute approximate surface area is 70.8 Å². The van der Waals surface area contributed by atoms with Gasteiger partial charge >= 0.3 is 0 Å². The number of hydrazine groups is 3. The van der Waals surface area contributed by atoms with E-state index in [0.29, 0.717) is 0 Å². The van der Waals surface area contributed by atoms with E-state index in [1.807, 2.05) is 41.5 Å². The van der Waals surface area contributed by atoms with Crippen LogP contribution in [0.2, 0.25) is 0 Å². The van der Waals surface area contributed by atoms with Gasteiger partial charge < -0.3 is 0 Å². The summed E-state index contributed by atoms with van der Waals surface area (Å²) in [6.45, 7) is 0. The standard InChI is InChI=1S/C8H10N4/c9-12-7-6-11(10-12)8-4-2-1-3-5-8/h1-7,10H,9H2. The third-order valence-electron chi connectivity index (χ3n) is 1.63. The van der Waals surface area contributed by atoms with E-state index in [1.165, 1.54) is 5.12 Å². The van der Waals surface area contributed by atoms with Gasteiger partial charge in [-0.15, -0.1) is 5.53 Å². The summed E-state index contributed by atoms with van der Waals surface area (Å²) in [7, 11) is 0. The zero-order valence-electron chi connectivity index (χ0n) is 6.51. The molecule has 12 heavy (non-hydrogen) atoms. The third kappa shape index (κ3) is 1.25. The molecule has 0 fully saturated rings. The Hall–Kier alpha value is -1.52. The van der Waals surface area contributed by atoms with Crippen LogP contribution in [0.15, 0.2) is 42.7 Å². The van der Waals surface area contributed by atoms with Crippen LogP contribution in [0.25, 0.3) is 0 Å². The first kappa shape index (κ1) is 7.15. The highest BCUT2D eigenvalue weighted by atomic mass is 15.8. The summed E-state index contributed by atoms with van der Waals surface area (Å²) in [5.41, 5.74) is 3.96. The predicted octanol–water partition coefficient (Wildman–Crippen LogP) is 0.573. The fraction of sp³-hybridized carbons (Fsp3) is 0. The fourth-order valence-electron chi connectivity index (χ4n) is 1.06. The summed E-state index contributed by atoms with van der Waals surface area (Å²) in [4.78, 5) is 0. The van der Waals surface area contributed by atoms with Gasteiger partial charge in [-0.05, 0) is 12.1 Å². The number of hydrogen-bond donors (Lipinski definition) is 2. The molecule has 0 saturated carbocycles. The summed E-state index contributed by atoms with van der Waals surface area (Å²) in [5, 5.41) is 3.23. The molecule has 0 atom stereocenters. The summed E-state index contributed by atoms with van der Waals surface area (Å²) in [6, 6.07) is 9.92. The van der Waals surface area contributed by atoms with Gasteiger partial charge in [0.2, 0.25) is 0 Å². The summed E-state index contributed by atoms with van der Waals surface area (Å²) in [5.74, 6) is 5.46. The molecule has 4 heteroatoms. The molecule has 0 aliphatic carbocycles. The highest BCUT2D eigenvalue weighted by molar-refractivity contribution is 5.47. The molecule has 62 valence electrons. The average Bonchev–Trinajstić information content (AvgIpc) is 2.54. The first-order valence-electron chi connectivity index (χ1n) is 3.69. The lowest BCUT2D eigenvalue weighted by molar-refractivity contribution is 0.306. The maximum absolute atomic E-state index is 5.46. The number of anilines is 1. The van der Waals surface area contributed by atoms with Crippen LogP contribution in [0, 0.1) is 0 Å². The molecule has 1 aliphatic rings. The van der Waals surface area contributed by atoms with Gasteiger partial charge in [0.1, 0.15) is 0 Å². The van der Waals surface area contributed by atoms with Crippen molar-refractivity contribution in [3.05, 3.63) is 42.7 Å². The van der Waals surface area contributed by atoms with Gasteiger partial charge in [0.05, 0.1) is 11.9 Å². The van der Waals surface area contributed by atoms with Crippen molar-refractivity contribution in [2.24, 2.45) is 5.84 Å². The van der Waals surface area contributed by atoms with Crippen LogP contribution in [0.3, 0.4) is 0 Å². The van der Waals surface area contributed by atoms with E-state index in [2.05, 4.69) is 5.53 Å². The number of benzene rings is 1. The zero-order chi connectivity index (χ0) is 8.39. The quantitative estimate of drug-likeness (QED) is 0.593. The Kier molecular flexibility index (Phi) is 1.69. The highest BCUT2D eigenvalue weighted by Crippen LogP contribution is 2.13. The number of rotatable bonds is 1. The molecule has 0 saturated heterocycles. The summed E-state index contributed by atoms with van der Waals surface area (Å²) in [6.07, 6.45) is 3.60. The van der Waals surface area contributed by atoms with E-state index in [9.17, 15) is 0 Å². The molecule has 0 aromatic heterocycles. The molecule has 1 aliphatic heterocycles. The smallest absolute Gasteiger partial charge is 0.0590 e. The topological polar surface area (TPSA) is 44.5 Å². The van der Waals surface area contributed by atoms with Crippen LogP contribution >= 0.6 is 0 Å². The van der Waals surface area contributed by atoms with E-state index < -0.39 is 0 Å². The Bertz CT molecular complexity index is 282. The van der Waals surface area contributed by atoms with E-state index in [0.717, 1.165) is 5.69 Å². The maximum atomic E-state index is 5.46. The van der Waals surface area contributed by atoms with Gasteiger partial charge in [-0.1, -0.05) is 18.2 Å². The van der Waals surface area contributed by atoms with E-state index in [1.54, 1.807) is 6.20 Å². The third-order valence-corrected chi connectivity index (χ3v) is 1.63. The lowest BCUT2D eigenvalue weighted by atomic mass is 10.3. The molecule has 0 bridgehead atoms. The molecule has 1 aromatic rings. The van der Waals surface area contributed by atoms with E-state index >= 15 is 0 Å². The fourth-order valence-corrected chi connectivity index (χ4v) is 1.06. The normalized spacial score (nSPS) is 15.8. The predicted molar refractivity (Wildman–Crippen MR) is 47.2 cm³/mol. The van der Waals surface area contributed by atoms with Crippen molar-refractivity contribution in [3.8, 4) is 0 Å². The SMILES string of the molecule is NN1C=CN(c2ccccc2)N1. The molecule has 0 amide bonds. The monoisotopic (exact) mass is 162 g/mol. The van der Waals surface area contributed by atoms with Crippen LogP contribution in [0.5, 0.6) is 0 Å². The van der Waals surface area contributed by atoms with Crippen LogP contribution in [-0.4, -0.2) is 5.12 Å². The number of nitrogens with one attached hydrogen (secondary N) is 1. The van der Waals surface area contributed by atoms with E-state index in [4.69, 9.17) is 5.84 Å². The van der Waals surface area contributed by atoms with Crippen LogP contribution in [-0.2, 0) is 0 Å².